The highest BCUT2D eigenvalue weighted by molar-refractivity contribution is 7.14. The first-order valence-electron chi connectivity index (χ1n) is 6.57. The van der Waals surface area contributed by atoms with Crippen molar-refractivity contribution in [2.75, 3.05) is 7.11 Å². The molecule has 0 saturated heterocycles. The van der Waals surface area contributed by atoms with Crippen molar-refractivity contribution >= 4 is 17.3 Å². The molecule has 2 unspecified atom stereocenters. The van der Waals surface area contributed by atoms with E-state index in [0.29, 0.717) is 17.6 Å². The first-order chi connectivity index (χ1) is 9.10. The molecule has 2 atom stereocenters. The van der Waals surface area contributed by atoms with E-state index in [2.05, 4.69) is 0 Å². The Morgan fingerprint density at radius 2 is 2.21 bits per heavy atom. The predicted octanol–water partition coefficient (Wildman–Crippen LogP) is 3.23. The summed E-state index contributed by atoms with van der Waals surface area (Å²) in [5.74, 6) is -0.864. The van der Waals surface area contributed by atoms with Crippen LogP contribution in [0.4, 0.5) is 0 Å². The van der Waals surface area contributed by atoms with Crippen molar-refractivity contribution in [1.82, 2.24) is 0 Å². The molecule has 1 aromatic heterocycles. The van der Waals surface area contributed by atoms with Gasteiger partial charge >= 0.3 is 5.97 Å². The van der Waals surface area contributed by atoms with Crippen LogP contribution in [0.25, 0.3) is 0 Å². The topological polar surface area (TPSA) is 55.8 Å². The third-order valence-electron chi connectivity index (χ3n) is 3.62. The van der Waals surface area contributed by atoms with Gasteiger partial charge in [0.25, 0.3) is 0 Å². The van der Waals surface area contributed by atoms with E-state index in [-0.39, 0.29) is 6.10 Å². The minimum atomic E-state index is -0.864. The third kappa shape index (κ3) is 3.78. The molecule has 0 radical (unpaired) electrons. The van der Waals surface area contributed by atoms with Crippen LogP contribution in [-0.2, 0) is 16.1 Å². The van der Waals surface area contributed by atoms with Gasteiger partial charge in [-0.1, -0.05) is 0 Å². The van der Waals surface area contributed by atoms with Crippen LogP contribution in [0.2, 0.25) is 0 Å². The fraction of sp³-hybridized carbons (Fsp3) is 0.643. The number of thiophene rings is 1. The highest BCUT2D eigenvalue weighted by atomic mass is 32.1. The maximum absolute atomic E-state index is 10.9. The highest BCUT2D eigenvalue weighted by Gasteiger charge is 2.22. The molecule has 1 aliphatic rings. The minimum absolute atomic E-state index is 0.228. The second-order valence-corrected chi connectivity index (χ2v) is 6.21. The van der Waals surface area contributed by atoms with Gasteiger partial charge in [0.15, 0.2) is 0 Å². The summed E-state index contributed by atoms with van der Waals surface area (Å²) in [5.41, 5.74) is 0.988. The number of hydrogen-bond acceptors (Lipinski definition) is 4. The zero-order chi connectivity index (χ0) is 13.8. The van der Waals surface area contributed by atoms with Crippen molar-refractivity contribution in [2.24, 2.45) is 0 Å². The highest BCUT2D eigenvalue weighted by Crippen LogP contribution is 2.26. The molecule has 1 aromatic rings. The van der Waals surface area contributed by atoms with E-state index in [1.807, 2.05) is 6.92 Å². The Kier molecular flexibility index (Phi) is 4.96. The quantitative estimate of drug-likeness (QED) is 0.902. The summed E-state index contributed by atoms with van der Waals surface area (Å²) in [6.07, 6.45) is 4.77. The standard InChI is InChI=1S/C14H20O4S/c1-9-10(6-13(19-9)14(15)16)8-18-12-5-3-4-11(7-12)17-2/h6,11-12H,3-5,7-8H2,1-2H3,(H,15,16). The molecule has 0 aliphatic heterocycles. The number of carbonyl (C=O) groups is 1. The van der Waals surface area contributed by atoms with E-state index in [9.17, 15) is 4.79 Å². The van der Waals surface area contributed by atoms with Gasteiger partial charge in [0.05, 0.1) is 18.8 Å². The Morgan fingerprint density at radius 1 is 1.47 bits per heavy atom. The number of carboxylic acid groups (broad SMARTS) is 1. The van der Waals surface area contributed by atoms with Crippen LogP contribution in [0.15, 0.2) is 6.07 Å². The molecular formula is C14H20O4S. The van der Waals surface area contributed by atoms with Crippen LogP contribution in [0.3, 0.4) is 0 Å². The molecule has 1 fully saturated rings. The summed E-state index contributed by atoms with van der Waals surface area (Å²) in [5, 5.41) is 8.96. The Morgan fingerprint density at radius 3 is 2.84 bits per heavy atom. The number of hydrogen-bond donors (Lipinski definition) is 1. The first-order valence-corrected chi connectivity index (χ1v) is 7.38. The molecule has 0 spiro atoms. The zero-order valence-corrected chi connectivity index (χ0v) is 12.2. The molecule has 19 heavy (non-hydrogen) atoms. The smallest absolute Gasteiger partial charge is 0.345 e. The van der Waals surface area contributed by atoms with Crippen LogP contribution < -0.4 is 0 Å². The van der Waals surface area contributed by atoms with Gasteiger partial charge in [0.2, 0.25) is 0 Å². The average molecular weight is 284 g/mol. The van der Waals surface area contributed by atoms with Crippen LogP contribution in [0, 0.1) is 6.92 Å². The van der Waals surface area contributed by atoms with Crippen molar-refractivity contribution in [1.29, 1.82) is 0 Å². The summed E-state index contributed by atoms with van der Waals surface area (Å²) in [4.78, 5) is 12.3. The lowest BCUT2D eigenvalue weighted by Crippen LogP contribution is -2.27. The summed E-state index contributed by atoms with van der Waals surface area (Å²) < 4.78 is 11.3. The monoisotopic (exact) mass is 284 g/mol. The second kappa shape index (κ2) is 6.50. The molecule has 1 N–H and O–H groups in total. The molecule has 0 bridgehead atoms. The van der Waals surface area contributed by atoms with Gasteiger partial charge in [-0.05, 0) is 44.2 Å². The summed E-state index contributed by atoms with van der Waals surface area (Å²) in [6, 6.07) is 1.72. The molecule has 0 amide bonds. The van der Waals surface area contributed by atoms with Gasteiger partial charge in [0.1, 0.15) is 4.88 Å². The van der Waals surface area contributed by atoms with Crippen molar-refractivity contribution in [2.45, 2.75) is 51.4 Å². The number of rotatable bonds is 5. The molecule has 1 saturated carbocycles. The molecule has 5 heteroatoms. The second-order valence-electron chi connectivity index (χ2n) is 4.95. The van der Waals surface area contributed by atoms with Crippen LogP contribution in [-0.4, -0.2) is 30.4 Å². The van der Waals surface area contributed by atoms with Gasteiger partial charge in [-0.2, -0.15) is 0 Å². The molecule has 2 rings (SSSR count). The number of methoxy groups -OCH3 is 1. The van der Waals surface area contributed by atoms with E-state index in [1.54, 1.807) is 13.2 Å². The van der Waals surface area contributed by atoms with Gasteiger partial charge < -0.3 is 14.6 Å². The normalized spacial score (nSPS) is 23.5. The summed E-state index contributed by atoms with van der Waals surface area (Å²) in [6.45, 7) is 2.44. The molecule has 1 aliphatic carbocycles. The summed E-state index contributed by atoms with van der Waals surface area (Å²) in [7, 11) is 1.75. The Hall–Kier alpha value is -0.910. The first kappa shape index (κ1) is 14.5. The fourth-order valence-electron chi connectivity index (χ4n) is 2.44. The van der Waals surface area contributed by atoms with Crippen molar-refractivity contribution in [3.63, 3.8) is 0 Å². The maximum Gasteiger partial charge on any atom is 0.345 e. The Bertz CT molecular complexity index is 441. The third-order valence-corrected chi connectivity index (χ3v) is 4.70. The van der Waals surface area contributed by atoms with Gasteiger partial charge in [-0.25, -0.2) is 4.79 Å². The lowest BCUT2D eigenvalue weighted by atomic mass is 9.95. The summed E-state index contributed by atoms with van der Waals surface area (Å²) >= 11 is 1.31. The molecule has 106 valence electrons. The number of ether oxygens (including phenoxy) is 2. The van der Waals surface area contributed by atoms with Crippen LogP contribution in [0.5, 0.6) is 0 Å². The van der Waals surface area contributed by atoms with Crippen molar-refractivity contribution in [3.05, 3.63) is 21.4 Å². The van der Waals surface area contributed by atoms with Crippen molar-refractivity contribution in [3.8, 4) is 0 Å². The number of carboxylic acids is 1. The number of aryl methyl sites for hydroxylation is 1. The van der Waals surface area contributed by atoms with Crippen LogP contribution >= 0.6 is 11.3 Å². The van der Waals surface area contributed by atoms with E-state index in [1.165, 1.54) is 11.3 Å². The zero-order valence-electron chi connectivity index (χ0n) is 11.3. The lowest BCUT2D eigenvalue weighted by Gasteiger charge is -2.28. The van der Waals surface area contributed by atoms with E-state index < -0.39 is 5.97 Å². The lowest BCUT2D eigenvalue weighted by molar-refractivity contribution is -0.0363. The fourth-order valence-corrected chi connectivity index (χ4v) is 3.31. The van der Waals surface area contributed by atoms with Gasteiger partial charge in [-0.3, -0.25) is 0 Å². The van der Waals surface area contributed by atoms with Gasteiger partial charge in [-0.15, -0.1) is 11.3 Å². The largest absolute Gasteiger partial charge is 0.477 e. The maximum atomic E-state index is 10.9. The van der Waals surface area contributed by atoms with Crippen molar-refractivity contribution < 1.29 is 19.4 Å². The molecular weight excluding hydrogens is 264 g/mol. The van der Waals surface area contributed by atoms with E-state index >= 15 is 0 Å². The average Bonchev–Trinajstić information content (AvgIpc) is 2.78. The molecule has 1 heterocycles. The number of aromatic carboxylic acids is 1. The molecule has 4 nitrogen and oxygen atoms in total. The van der Waals surface area contributed by atoms with Crippen LogP contribution in [0.1, 0.15) is 45.8 Å². The Balaban J connectivity index is 1.89. The minimum Gasteiger partial charge on any atom is -0.477 e. The van der Waals surface area contributed by atoms with E-state index in [4.69, 9.17) is 14.6 Å². The van der Waals surface area contributed by atoms with Gasteiger partial charge in [0, 0.05) is 12.0 Å². The SMILES string of the molecule is COC1CCCC(OCc2cc(C(=O)O)sc2C)C1. The molecule has 0 aromatic carbocycles. The predicted molar refractivity (Wildman–Crippen MR) is 73.9 cm³/mol. The Labute approximate surface area is 117 Å². The van der Waals surface area contributed by atoms with E-state index in [0.717, 1.165) is 36.1 Å².